The summed E-state index contributed by atoms with van der Waals surface area (Å²) in [6.07, 6.45) is 8.22. The van der Waals surface area contributed by atoms with Crippen LogP contribution in [0.4, 0.5) is 0 Å². The summed E-state index contributed by atoms with van der Waals surface area (Å²) >= 11 is 0. The van der Waals surface area contributed by atoms with E-state index >= 15 is 0 Å². The molecule has 0 atom stereocenters. The molecular weight excluding hydrogens is 250 g/mol. The number of nitrogens with zero attached hydrogens (tertiary/aromatic N) is 1. The van der Waals surface area contributed by atoms with E-state index in [9.17, 15) is 8.42 Å². The topological polar surface area (TPSA) is 74.8 Å². The van der Waals surface area contributed by atoms with Gasteiger partial charge in [0.25, 0.3) is 0 Å². The maximum absolute atomic E-state index is 11.9. The molecule has 0 saturated heterocycles. The number of rotatable bonds is 9. The minimum absolute atomic E-state index is 0.244. The van der Waals surface area contributed by atoms with Crippen LogP contribution < -0.4 is 4.72 Å². The van der Waals surface area contributed by atoms with Crippen molar-refractivity contribution < 1.29 is 8.42 Å². The second kappa shape index (κ2) is 7.53. The average molecular weight is 273 g/mol. The van der Waals surface area contributed by atoms with Crippen molar-refractivity contribution >= 4 is 10.0 Å². The number of hydrogen-bond acceptors (Lipinski definition) is 3. The van der Waals surface area contributed by atoms with Crippen LogP contribution in [0.15, 0.2) is 11.1 Å². The largest absolute Gasteiger partial charge is 0.281 e. The molecule has 1 aromatic rings. The second-order valence-electron chi connectivity index (χ2n) is 4.52. The zero-order valence-electron chi connectivity index (χ0n) is 11.2. The molecule has 2 N–H and O–H groups in total. The van der Waals surface area contributed by atoms with Gasteiger partial charge in [0.1, 0.15) is 4.90 Å². The minimum Gasteiger partial charge on any atom is -0.281 e. The number of aromatic nitrogens is 2. The standard InChI is InChI=1S/C12H23N3O2S/c1-3-4-5-6-7-8-9-14-18(16,17)12-10-13-15-11(12)2/h10,14H,3-9H2,1-2H3,(H,13,15). The zero-order valence-corrected chi connectivity index (χ0v) is 12.0. The Kier molecular flexibility index (Phi) is 6.35. The Morgan fingerprint density at radius 3 is 2.50 bits per heavy atom. The Labute approximate surface area is 109 Å². The van der Waals surface area contributed by atoms with Crippen LogP contribution >= 0.6 is 0 Å². The average Bonchev–Trinajstić information content (AvgIpc) is 2.75. The first-order valence-electron chi connectivity index (χ1n) is 6.57. The molecule has 1 heterocycles. The second-order valence-corrected chi connectivity index (χ2v) is 6.26. The van der Waals surface area contributed by atoms with Crippen molar-refractivity contribution in [3.63, 3.8) is 0 Å². The molecular formula is C12H23N3O2S. The van der Waals surface area contributed by atoms with E-state index in [0.717, 1.165) is 12.8 Å². The summed E-state index contributed by atoms with van der Waals surface area (Å²) < 4.78 is 26.4. The molecule has 0 radical (unpaired) electrons. The van der Waals surface area contributed by atoms with E-state index in [-0.39, 0.29) is 4.90 Å². The predicted octanol–water partition coefficient (Wildman–Crippen LogP) is 2.36. The first-order valence-corrected chi connectivity index (χ1v) is 8.06. The van der Waals surface area contributed by atoms with E-state index in [1.807, 2.05) is 0 Å². The molecule has 104 valence electrons. The smallest absolute Gasteiger partial charge is 0.243 e. The molecule has 0 aliphatic rings. The Bertz CT molecular complexity index is 440. The van der Waals surface area contributed by atoms with Crippen LogP contribution in [0.1, 0.15) is 51.1 Å². The van der Waals surface area contributed by atoms with E-state index < -0.39 is 10.0 Å². The maximum atomic E-state index is 11.9. The van der Waals surface area contributed by atoms with Crippen molar-refractivity contribution in [3.05, 3.63) is 11.9 Å². The Balaban J connectivity index is 2.25. The minimum atomic E-state index is -3.39. The van der Waals surface area contributed by atoms with Gasteiger partial charge in [0.05, 0.1) is 11.9 Å². The van der Waals surface area contributed by atoms with Gasteiger partial charge in [0, 0.05) is 6.54 Å². The Morgan fingerprint density at radius 2 is 1.89 bits per heavy atom. The number of unbranched alkanes of at least 4 members (excludes halogenated alkanes) is 5. The van der Waals surface area contributed by atoms with Gasteiger partial charge in [-0.15, -0.1) is 0 Å². The molecule has 0 bridgehead atoms. The van der Waals surface area contributed by atoms with Crippen LogP contribution in [0.25, 0.3) is 0 Å². The molecule has 0 saturated carbocycles. The van der Waals surface area contributed by atoms with E-state index in [1.165, 1.54) is 31.9 Å². The normalized spacial score (nSPS) is 11.9. The molecule has 18 heavy (non-hydrogen) atoms. The van der Waals surface area contributed by atoms with Gasteiger partial charge in [-0.2, -0.15) is 5.10 Å². The molecule has 0 aromatic carbocycles. The van der Waals surface area contributed by atoms with Gasteiger partial charge >= 0.3 is 0 Å². The van der Waals surface area contributed by atoms with E-state index in [0.29, 0.717) is 12.2 Å². The molecule has 5 nitrogen and oxygen atoms in total. The lowest BCUT2D eigenvalue weighted by Crippen LogP contribution is -2.25. The zero-order chi connectivity index (χ0) is 13.4. The first kappa shape index (κ1) is 15.2. The van der Waals surface area contributed by atoms with Crippen molar-refractivity contribution in [2.45, 2.75) is 57.3 Å². The monoisotopic (exact) mass is 273 g/mol. The lowest BCUT2D eigenvalue weighted by molar-refractivity contribution is 0.567. The molecule has 0 aliphatic carbocycles. The molecule has 0 unspecified atom stereocenters. The van der Waals surface area contributed by atoms with Crippen LogP contribution in [0.3, 0.4) is 0 Å². The number of sulfonamides is 1. The van der Waals surface area contributed by atoms with Crippen molar-refractivity contribution in [2.24, 2.45) is 0 Å². The molecule has 6 heteroatoms. The van der Waals surface area contributed by atoms with Crippen molar-refractivity contribution in [1.29, 1.82) is 0 Å². The molecule has 0 spiro atoms. The number of hydrogen-bond donors (Lipinski definition) is 2. The fourth-order valence-corrected chi connectivity index (χ4v) is 3.01. The lowest BCUT2D eigenvalue weighted by Gasteiger charge is -2.05. The van der Waals surface area contributed by atoms with E-state index in [1.54, 1.807) is 6.92 Å². The van der Waals surface area contributed by atoms with Crippen molar-refractivity contribution in [1.82, 2.24) is 14.9 Å². The van der Waals surface area contributed by atoms with Gasteiger partial charge in [0.2, 0.25) is 10.0 Å². The number of nitrogens with one attached hydrogen (secondary N) is 2. The van der Waals surface area contributed by atoms with Gasteiger partial charge in [-0.25, -0.2) is 13.1 Å². The number of aryl methyl sites for hydroxylation is 1. The third kappa shape index (κ3) is 4.78. The highest BCUT2D eigenvalue weighted by Gasteiger charge is 2.17. The van der Waals surface area contributed by atoms with Gasteiger partial charge in [-0.1, -0.05) is 39.0 Å². The number of H-pyrrole nitrogens is 1. The molecule has 1 aromatic heterocycles. The van der Waals surface area contributed by atoms with Crippen LogP contribution in [0, 0.1) is 6.92 Å². The lowest BCUT2D eigenvalue weighted by atomic mass is 10.1. The summed E-state index contributed by atoms with van der Waals surface area (Å²) in [5.74, 6) is 0. The van der Waals surface area contributed by atoms with Gasteiger partial charge in [0.15, 0.2) is 0 Å². The maximum Gasteiger partial charge on any atom is 0.243 e. The summed E-state index contributed by atoms with van der Waals surface area (Å²) in [5.41, 5.74) is 0.574. The van der Waals surface area contributed by atoms with Crippen LogP contribution in [-0.4, -0.2) is 25.2 Å². The SMILES string of the molecule is CCCCCCCCNS(=O)(=O)c1cn[nH]c1C. The summed E-state index contributed by atoms with van der Waals surface area (Å²) in [5, 5.41) is 6.35. The fraction of sp³-hybridized carbons (Fsp3) is 0.750. The summed E-state index contributed by atoms with van der Waals surface area (Å²) in [6.45, 7) is 4.38. The first-order chi connectivity index (χ1) is 8.58. The highest BCUT2D eigenvalue weighted by Crippen LogP contribution is 2.11. The highest BCUT2D eigenvalue weighted by atomic mass is 32.2. The summed E-state index contributed by atoms with van der Waals surface area (Å²) in [6, 6.07) is 0. The van der Waals surface area contributed by atoms with Gasteiger partial charge in [-0.05, 0) is 13.3 Å². The molecule has 0 amide bonds. The predicted molar refractivity (Wildman–Crippen MR) is 71.9 cm³/mol. The quantitative estimate of drug-likeness (QED) is 0.678. The molecule has 0 aliphatic heterocycles. The third-order valence-corrected chi connectivity index (χ3v) is 4.47. The summed E-state index contributed by atoms with van der Waals surface area (Å²) in [7, 11) is -3.39. The van der Waals surface area contributed by atoms with Crippen molar-refractivity contribution in [3.8, 4) is 0 Å². The van der Waals surface area contributed by atoms with Gasteiger partial charge < -0.3 is 0 Å². The third-order valence-electron chi connectivity index (χ3n) is 2.90. The van der Waals surface area contributed by atoms with E-state index in [4.69, 9.17) is 0 Å². The summed E-state index contributed by atoms with van der Waals surface area (Å²) in [4.78, 5) is 0.244. The molecule has 1 rings (SSSR count). The Hall–Kier alpha value is -0.880. The van der Waals surface area contributed by atoms with Crippen LogP contribution in [-0.2, 0) is 10.0 Å². The van der Waals surface area contributed by atoms with E-state index in [2.05, 4.69) is 21.8 Å². The van der Waals surface area contributed by atoms with Crippen molar-refractivity contribution in [2.75, 3.05) is 6.54 Å². The Morgan fingerprint density at radius 1 is 1.22 bits per heavy atom. The molecule has 0 fully saturated rings. The number of aromatic amines is 1. The van der Waals surface area contributed by atoms with Crippen LogP contribution in [0.5, 0.6) is 0 Å². The van der Waals surface area contributed by atoms with Crippen LogP contribution in [0.2, 0.25) is 0 Å². The van der Waals surface area contributed by atoms with Gasteiger partial charge in [-0.3, -0.25) is 5.10 Å². The highest BCUT2D eigenvalue weighted by molar-refractivity contribution is 7.89. The fourth-order valence-electron chi connectivity index (χ4n) is 1.80.